The third-order valence-corrected chi connectivity index (χ3v) is 14.8. The monoisotopic (exact) mass is 840 g/mol. The van der Waals surface area contributed by atoms with E-state index in [1.165, 1.54) is 0 Å². The number of phenolic OH excluding ortho intramolecular Hbond substituents is 3. The van der Waals surface area contributed by atoms with Crippen molar-refractivity contribution in [2.45, 2.75) is 16.2 Å². The highest BCUT2D eigenvalue weighted by atomic mass is 16.3. The van der Waals surface area contributed by atoms with Crippen molar-refractivity contribution in [2.24, 2.45) is 0 Å². The van der Waals surface area contributed by atoms with E-state index in [2.05, 4.69) is 127 Å². The predicted octanol–water partition coefficient (Wildman–Crippen LogP) is 13.1. The minimum Gasteiger partial charge on any atom is -0.508 e. The van der Waals surface area contributed by atoms with Gasteiger partial charge in [-0.2, -0.15) is 0 Å². The molecule has 0 saturated carbocycles. The van der Waals surface area contributed by atoms with Crippen LogP contribution < -0.4 is 0 Å². The Balaban J connectivity index is 1.28. The van der Waals surface area contributed by atoms with Gasteiger partial charge in [0, 0.05) is 0 Å². The number of hydrogen-bond donors (Lipinski definition) is 3. The van der Waals surface area contributed by atoms with Gasteiger partial charge in [-0.1, -0.05) is 145 Å². The van der Waals surface area contributed by atoms with E-state index in [-0.39, 0.29) is 17.2 Å². The van der Waals surface area contributed by atoms with Gasteiger partial charge in [-0.3, -0.25) is 0 Å². The summed E-state index contributed by atoms with van der Waals surface area (Å²) in [5.74, 6) is 11.0. The topological polar surface area (TPSA) is 60.7 Å². The van der Waals surface area contributed by atoms with Gasteiger partial charge in [0.1, 0.15) is 33.5 Å². The van der Waals surface area contributed by atoms with Gasteiger partial charge in [0.25, 0.3) is 0 Å². The lowest BCUT2D eigenvalue weighted by Gasteiger charge is -2.35. The molecule has 3 heteroatoms. The zero-order chi connectivity index (χ0) is 44.7. The molecule has 0 radical (unpaired) electrons. The van der Waals surface area contributed by atoms with Gasteiger partial charge in [-0.05, 0) is 170 Å². The minimum atomic E-state index is -1.15. The SMILES string of the molecule is C#CC1(c2ccc3cc(O)ccc3c2)c2ccccc2-c2c1c1c(c3c2C(C#C)(c2ccc4cc(O)ccc4c2)c2ccccc2-3)C(C#C)(c2ccc3cc(O)ccc3c2)c2ccccc2-1. The van der Waals surface area contributed by atoms with Gasteiger partial charge in [0.15, 0.2) is 0 Å². The highest BCUT2D eigenvalue weighted by molar-refractivity contribution is 6.09. The molecule has 3 nitrogen and oxygen atoms in total. The molecule has 0 aromatic heterocycles. The Labute approximate surface area is 381 Å². The van der Waals surface area contributed by atoms with Crippen molar-refractivity contribution in [1.29, 1.82) is 0 Å². The first-order valence-electron chi connectivity index (χ1n) is 21.9. The van der Waals surface area contributed by atoms with E-state index < -0.39 is 16.2 Å². The number of aromatic hydroxyl groups is 3. The third-order valence-electron chi connectivity index (χ3n) is 14.8. The maximum Gasteiger partial charge on any atom is 0.116 e. The number of rotatable bonds is 3. The molecule has 66 heavy (non-hydrogen) atoms. The average Bonchev–Trinajstić information content (AvgIpc) is 3.94. The van der Waals surface area contributed by atoms with Gasteiger partial charge in [0.2, 0.25) is 0 Å². The molecular weight excluding hydrogens is 805 g/mol. The molecule has 0 saturated heterocycles. The molecule has 0 fully saturated rings. The van der Waals surface area contributed by atoms with Crippen LogP contribution in [0.1, 0.15) is 50.1 Å². The molecule has 0 spiro atoms. The second-order valence-corrected chi connectivity index (χ2v) is 17.8. The fourth-order valence-electron chi connectivity index (χ4n) is 12.2. The summed E-state index contributed by atoms with van der Waals surface area (Å²) in [5, 5.41) is 37.1. The molecule has 10 aromatic rings. The molecule has 306 valence electrons. The van der Waals surface area contributed by atoms with Crippen molar-refractivity contribution in [3.8, 4) is 87.7 Å². The number of phenols is 3. The lowest BCUT2D eigenvalue weighted by molar-refractivity contribution is 0.475. The molecule has 0 aliphatic heterocycles. The van der Waals surface area contributed by atoms with Crippen LogP contribution in [-0.4, -0.2) is 15.3 Å². The van der Waals surface area contributed by atoms with Crippen molar-refractivity contribution >= 4 is 32.3 Å². The standard InChI is InChI=1S/C63H36O3/c1-4-61(43-25-19-40-34-46(64)28-22-37(40)31-43)52-16-10-7-13-49(52)55-58(61)56-50-14-8-11-17-53(50)62(5-2,44-26-20-41-35-47(65)29-23-38(41)32-44)60(56)57-51-15-9-12-18-54(51)63(6-3,59(55)57)45-27-21-42-36-48(66)30-24-39(42)33-45/h1-3,7-36,64-66H. The zero-order valence-corrected chi connectivity index (χ0v) is 35.4. The van der Waals surface area contributed by atoms with Crippen LogP contribution in [0.25, 0.3) is 65.7 Å². The Bertz CT molecular complexity index is 3550. The summed E-state index contributed by atoms with van der Waals surface area (Å²) >= 11 is 0. The molecule has 3 unspecified atom stereocenters. The van der Waals surface area contributed by atoms with E-state index in [1.54, 1.807) is 36.4 Å². The van der Waals surface area contributed by atoms with Crippen LogP contribution >= 0.6 is 0 Å². The van der Waals surface area contributed by atoms with Crippen LogP contribution in [0, 0.1) is 37.0 Å². The number of hydrogen-bond acceptors (Lipinski definition) is 3. The summed E-state index contributed by atoms with van der Waals surface area (Å²) in [6, 6.07) is 60.6. The van der Waals surface area contributed by atoms with Crippen LogP contribution in [0.4, 0.5) is 0 Å². The van der Waals surface area contributed by atoms with E-state index >= 15 is 0 Å². The summed E-state index contributed by atoms with van der Waals surface area (Å²) in [4.78, 5) is 0. The largest absolute Gasteiger partial charge is 0.508 e. The minimum absolute atomic E-state index is 0.190. The van der Waals surface area contributed by atoms with Crippen molar-refractivity contribution < 1.29 is 15.3 Å². The molecule has 10 aromatic carbocycles. The maximum absolute atomic E-state index is 10.5. The molecule has 0 heterocycles. The Morgan fingerprint density at radius 1 is 0.303 bits per heavy atom. The van der Waals surface area contributed by atoms with Crippen LogP contribution in [-0.2, 0) is 16.2 Å². The van der Waals surface area contributed by atoms with Crippen LogP contribution in [0.15, 0.2) is 182 Å². The first-order valence-corrected chi connectivity index (χ1v) is 21.9. The van der Waals surface area contributed by atoms with Crippen LogP contribution in [0.5, 0.6) is 17.2 Å². The molecule has 3 aliphatic carbocycles. The van der Waals surface area contributed by atoms with E-state index in [0.29, 0.717) is 0 Å². The number of fused-ring (bicyclic) bond motifs is 15. The Hall–Kier alpha value is -8.94. The first kappa shape index (κ1) is 37.6. The van der Waals surface area contributed by atoms with Gasteiger partial charge in [-0.25, -0.2) is 0 Å². The molecule has 0 amide bonds. The van der Waals surface area contributed by atoms with Gasteiger partial charge in [0.05, 0.1) is 0 Å². The smallest absolute Gasteiger partial charge is 0.116 e. The summed E-state index contributed by atoms with van der Waals surface area (Å²) in [6.07, 6.45) is 21.6. The first-order chi connectivity index (χ1) is 32.3. The highest BCUT2D eigenvalue weighted by Crippen LogP contribution is 2.70. The van der Waals surface area contributed by atoms with Gasteiger partial charge < -0.3 is 15.3 Å². The van der Waals surface area contributed by atoms with Crippen molar-refractivity contribution in [3.05, 3.63) is 232 Å². The average molecular weight is 841 g/mol. The van der Waals surface area contributed by atoms with E-state index in [9.17, 15) is 15.3 Å². The lowest BCUT2D eigenvalue weighted by Crippen LogP contribution is -2.30. The fourth-order valence-corrected chi connectivity index (χ4v) is 12.2. The molecule has 3 aliphatic rings. The summed E-state index contributed by atoms with van der Waals surface area (Å²) < 4.78 is 0. The van der Waals surface area contributed by atoms with Gasteiger partial charge >= 0.3 is 0 Å². The Morgan fingerprint density at radius 2 is 0.561 bits per heavy atom. The zero-order valence-electron chi connectivity index (χ0n) is 35.4. The fraction of sp³-hybridized carbons (Fsp3) is 0.0476. The second kappa shape index (κ2) is 13.1. The Morgan fingerprint density at radius 3 is 0.848 bits per heavy atom. The quantitative estimate of drug-likeness (QED) is 0.155. The Kier molecular flexibility index (Phi) is 7.44. The van der Waals surface area contributed by atoms with E-state index in [1.807, 2.05) is 36.4 Å². The second-order valence-electron chi connectivity index (χ2n) is 17.8. The van der Waals surface area contributed by atoms with Crippen molar-refractivity contribution in [3.63, 3.8) is 0 Å². The third kappa shape index (κ3) is 4.50. The van der Waals surface area contributed by atoms with Crippen LogP contribution in [0.3, 0.4) is 0 Å². The normalized spacial score (nSPS) is 19.2. The summed E-state index contributed by atoms with van der Waals surface area (Å²) in [6.45, 7) is 0. The highest BCUT2D eigenvalue weighted by Gasteiger charge is 2.59. The molecular formula is C63H36O3. The maximum atomic E-state index is 10.5. The summed E-state index contributed by atoms with van der Waals surface area (Å²) in [7, 11) is 0. The van der Waals surface area contributed by atoms with Crippen LogP contribution in [0.2, 0.25) is 0 Å². The lowest BCUT2D eigenvalue weighted by atomic mass is 9.65. The molecule has 13 rings (SSSR count). The molecule has 3 N–H and O–H groups in total. The van der Waals surface area contributed by atoms with Crippen molar-refractivity contribution in [1.82, 2.24) is 0 Å². The summed E-state index contributed by atoms with van der Waals surface area (Å²) in [5.41, 5.74) is 11.0. The molecule has 0 bridgehead atoms. The predicted molar refractivity (Wildman–Crippen MR) is 266 cm³/mol. The molecule has 3 atom stereocenters. The van der Waals surface area contributed by atoms with Crippen molar-refractivity contribution in [2.75, 3.05) is 0 Å². The number of terminal acetylenes is 3. The van der Waals surface area contributed by atoms with Gasteiger partial charge in [-0.15, -0.1) is 19.3 Å². The number of benzene rings is 10. The van der Waals surface area contributed by atoms with E-state index in [4.69, 9.17) is 19.3 Å². The van der Waals surface area contributed by atoms with E-state index in [0.717, 1.165) is 116 Å².